The van der Waals surface area contributed by atoms with Crippen molar-refractivity contribution in [3.8, 4) is 0 Å². The summed E-state index contributed by atoms with van der Waals surface area (Å²) >= 11 is 0. The monoisotopic (exact) mass is 282 g/mol. The molecule has 5 atom stereocenters. The third-order valence-electron chi connectivity index (χ3n) is 5.35. The molecule has 0 saturated carbocycles. The average Bonchev–Trinajstić information content (AvgIpc) is 2.90. The van der Waals surface area contributed by atoms with E-state index in [0.29, 0.717) is 24.0 Å². The summed E-state index contributed by atoms with van der Waals surface area (Å²) in [5.41, 5.74) is -0.186. The van der Waals surface area contributed by atoms with E-state index in [9.17, 15) is 20.4 Å². The number of hydrogen-bond donors (Lipinski definition) is 4. The van der Waals surface area contributed by atoms with Crippen molar-refractivity contribution in [2.45, 2.75) is 44.2 Å². The van der Waals surface area contributed by atoms with Crippen molar-refractivity contribution >= 4 is 0 Å². The van der Waals surface area contributed by atoms with Crippen LogP contribution in [0.5, 0.6) is 0 Å². The van der Waals surface area contributed by atoms with Crippen LogP contribution < -0.4 is 0 Å². The Labute approximate surface area is 118 Å². The molecule has 5 heteroatoms. The van der Waals surface area contributed by atoms with Gasteiger partial charge in [0.25, 0.3) is 0 Å². The lowest BCUT2D eigenvalue weighted by molar-refractivity contribution is -0.297. The highest BCUT2D eigenvalue weighted by atomic mass is 16.7. The quantitative estimate of drug-likeness (QED) is 0.512. The maximum absolute atomic E-state index is 11.1. The lowest BCUT2D eigenvalue weighted by atomic mass is 9.68. The Bertz CT molecular complexity index is 512. The first kappa shape index (κ1) is 14.2. The van der Waals surface area contributed by atoms with E-state index in [1.807, 2.05) is 13.8 Å². The Hall–Kier alpha value is -0.720. The number of aliphatic hydroxyl groups is 4. The van der Waals surface area contributed by atoms with Crippen molar-refractivity contribution in [2.75, 3.05) is 13.2 Å². The highest BCUT2D eigenvalue weighted by Crippen LogP contribution is 2.59. The van der Waals surface area contributed by atoms with Gasteiger partial charge < -0.3 is 25.2 Å². The van der Waals surface area contributed by atoms with E-state index in [1.54, 1.807) is 0 Å². The molecule has 0 bridgehead atoms. The van der Waals surface area contributed by atoms with E-state index in [0.717, 1.165) is 5.57 Å². The van der Waals surface area contributed by atoms with Crippen LogP contribution in [0.25, 0.3) is 0 Å². The predicted octanol–water partition coefficient (Wildman–Crippen LogP) is 0.0921. The normalized spacial score (nSPS) is 51.4. The fourth-order valence-electron chi connectivity index (χ4n) is 3.99. The van der Waals surface area contributed by atoms with Crippen molar-refractivity contribution in [1.82, 2.24) is 0 Å². The molecule has 2 aliphatic carbocycles. The molecule has 0 aromatic heterocycles. The minimum absolute atomic E-state index is 0.00927. The Kier molecular flexibility index (Phi) is 2.79. The Morgan fingerprint density at radius 1 is 1.35 bits per heavy atom. The van der Waals surface area contributed by atoms with Crippen molar-refractivity contribution in [3.05, 3.63) is 23.3 Å². The number of hydrogen-bond acceptors (Lipinski definition) is 5. The minimum Gasteiger partial charge on any atom is -0.396 e. The van der Waals surface area contributed by atoms with E-state index in [2.05, 4.69) is 6.58 Å². The van der Waals surface area contributed by atoms with Crippen LogP contribution in [0.2, 0.25) is 0 Å². The van der Waals surface area contributed by atoms with Crippen LogP contribution in [-0.4, -0.2) is 51.1 Å². The summed E-state index contributed by atoms with van der Waals surface area (Å²) < 4.78 is 5.31. The lowest BCUT2D eigenvalue weighted by Crippen LogP contribution is -2.64. The third-order valence-corrected chi connectivity index (χ3v) is 5.35. The maximum atomic E-state index is 11.1. The molecule has 1 aliphatic heterocycles. The van der Waals surface area contributed by atoms with Gasteiger partial charge >= 0.3 is 0 Å². The zero-order valence-electron chi connectivity index (χ0n) is 11.9. The average molecular weight is 282 g/mol. The van der Waals surface area contributed by atoms with Crippen LogP contribution in [0.3, 0.4) is 0 Å². The van der Waals surface area contributed by atoms with Crippen molar-refractivity contribution in [2.24, 2.45) is 11.3 Å². The van der Waals surface area contributed by atoms with E-state index >= 15 is 0 Å². The number of rotatable bonds is 1. The Morgan fingerprint density at radius 3 is 2.60 bits per heavy atom. The fourth-order valence-corrected chi connectivity index (χ4v) is 3.99. The molecular weight excluding hydrogens is 260 g/mol. The van der Waals surface area contributed by atoms with Crippen LogP contribution in [-0.2, 0) is 4.74 Å². The first-order chi connectivity index (χ1) is 9.19. The van der Waals surface area contributed by atoms with Gasteiger partial charge in [-0.1, -0.05) is 26.0 Å². The summed E-state index contributed by atoms with van der Waals surface area (Å²) in [5.74, 6) is -2.36. The summed E-state index contributed by atoms with van der Waals surface area (Å²) in [6, 6.07) is 0. The highest BCUT2D eigenvalue weighted by molar-refractivity contribution is 5.49. The second-order valence-electron chi connectivity index (χ2n) is 6.86. The molecule has 20 heavy (non-hydrogen) atoms. The van der Waals surface area contributed by atoms with Gasteiger partial charge in [-0.05, 0) is 29.4 Å². The number of fused-ring (bicyclic) bond motifs is 2. The molecule has 1 fully saturated rings. The van der Waals surface area contributed by atoms with E-state index in [-0.39, 0.29) is 24.5 Å². The van der Waals surface area contributed by atoms with Crippen molar-refractivity contribution in [1.29, 1.82) is 0 Å². The first-order valence-corrected chi connectivity index (χ1v) is 6.98. The van der Waals surface area contributed by atoms with E-state index < -0.39 is 17.5 Å². The molecule has 0 amide bonds. The van der Waals surface area contributed by atoms with Crippen LogP contribution >= 0.6 is 0 Å². The summed E-state index contributed by atoms with van der Waals surface area (Å²) in [4.78, 5) is 0. The Morgan fingerprint density at radius 2 is 2.00 bits per heavy atom. The van der Waals surface area contributed by atoms with E-state index in [4.69, 9.17) is 4.74 Å². The number of ether oxygens (including phenoxy) is 1. The summed E-state index contributed by atoms with van der Waals surface area (Å²) in [6.07, 6.45) is -0.147. The number of aliphatic hydroxyl groups excluding tert-OH is 2. The topological polar surface area (TPSA) is 90.2 Å². The second kappa shape index (κ2) is 3.93. The molecule has 4 N–H and O–H groups in total. The Balaban J connectivity index is 2.17. The summed E-state index contributed by atoms with van der Waals surface area (Å²) in [5, 5.41) is 41.7. The molecule has 112 valence electrons. The predicted molar refractivity (Wildman–Crippen MR) is 71.6 cm³/mol. The van der Waals surface area contributed by atoms with Gasteiger partial charge in [-0.15, -0.1) is 0 Å². The fraction of sp³-hybridized carbons (Fsp3) is 0.733. The van der Waals surface area contributed by atoms with Gasteiger partial charge in [-0.2, -0.15) is 0 Å². The zero-order chi connectivity index (χ0) is 14.9. The van der Waals surface area contributed by atoms with Crippen molar-refractivity contribution in [3.63, 3.8) is 0 Å². The summed E-state index contributed by atoms with van der Waals surface area (Å²) in [7, 11) is 0. The summed E-state index contributed by atoms with van der Waals surface area (Å²) in [6.45, 7) is 7.56. The smallest absolute Gasteiger partial charge is 0.230 e. The van der Waals surface area contributed by atoms with Gasteiger partial charge in [0.15, 0.2) is 5.60 Å². The van der Waals surface area contributed by atoms with Crippen LogP contribution in [0.4, 0.5) is 0 Å². The standard InChI is InChI=1S/C15H22O5/c1-8-6-20-15(19)12(17)9(2)10-4-13(3,7-16)5-11(10)14(8,15)18/h9,12,16-19H,1,4-7H2,2-3H3/t9-,12+,13-,14-,15-/m1/s1. The highest BCUT2D eigenvalue weighted by Gasteiger charge is 2.69. The van der Waals surface area contributed by atoms with Gasteiger partial charge in [0.05, 0.1) is 6.61 Å². The molecule has 1 heterocycles. The third kappa shape index (κ3) is 1.40. The van der Waals surface area contributed by atoms with Gasteiger partial charge in [0.2, 0.25) is 5.79 Å². The SMILES string of the molecule is C=C1CO[C@]2(O)[C@@H](O)[C@H](C)C3=C(C[C@](C)(CO)C3)[C@]12O. The minimum atomic E-state index is -2.04. The van der Waals surface area contributed by atoms with Crippen LogP contribution in [0.1, 0.15) is 26.7 Å². The molecule has 3 aliphatic rings. The zero-order valence-corrected chi connectivity index (χ0v) is 11.9. The molecule has 1 saturated heterocycles. The second-order valence-corrected chi connectivity index (χ2v) is 6.86. The van der Waals surface area contributed by atoms with Gasteiger partial charge in [-0.25, -0.2) is 0 Å². The molecule has 0 aromatic carbocycles. The molecule has 5 nitrogen and oxygen atoms in total. The van der Waals surface area contributed by atoms with Crippen LogP contribution in [0, 0.1) is 11.3 Å². The largest absolute Gasteiger partial charge is 0.396 e. The molecular formula is C15H22O5. The van der Waals surface area contributed by atoms with E-state index in [1.165, 1.54) is 0 Å². The first-order valence-electron chi connectivity index (χ1n) is 6.98. The van der Waals surface area contributed by atoms with Gasteiger partial charge in [-0.3, -0.25) is 0 Å². The van der Waals surface area contributed by atoms with Gasteiger partial charge in [0.1, 0.15) is 6.10 Å². The van der Waals surface area contributed by atoms with Gasteiger partial charge in [0, 0.05) is 12.5 Å². The maximum Gasteiger partial charge on any atom is 0.230 e. The molecule has 0 aromatic rings. The molecule has 0 unspecified atom stereocenters. The molecule has 0 radical (unpaired) electrons. The van der Waals surface area contributed by atoms with Crippen LogP contribution in [0.15, 0.2) is 23.3 Å². The van der Waals surface area contributed by atoms with Crippen molar-refractivity contribution < 1.29 is 25.2 Å². The lowest BCUT2D eigenvalue weighted by Gasteiger charge is -2.47. The molecule has 3 rings (SSSR count). The molecule has 0 spiro atoms.